The Balaban J connectivity index is 1.60. The molecule has 0 bridgehead atoms. The van der Waals surface area contributed by atoms with E-state index in [0.29, 0.717) is 17.3 Å². The Hall–Kier alpha value is -2.09. The summed E-state index contributed by atoms with van der Waals surface area (Å²) in [4.78, 5) is 1.93. The molecule has 0 aromatic heterocycles. The van der Waals surface area contributed by atoms with Crippen molar-refractivity contribution in [3.63, 3.8) is 0 Å². The fourth-order valence-corrected chi connectivity index (χ4v) is 5.69. The molecule has 5 nitrogen and oxygen atoms in total. The number of ether oxygens (including phenoxy) is 1. The normalized spacial score (nSPS) is 13.4. The van der Waals surface area contributed by atoms with Gasteiger partial charge in [-0.3, -0.25) is 4.72 Å². The fourth-order valence-electron chi connectivity index (χ4n) is 3.31. The molecule has 10 heteroatoms. The number of nitrogens with zero attached hydrogens (tertiary/aromatic N) is 1. The molecule has 0 aliphatic carbocycles. The van der Waals surface area contributed by atoms with Gasteiger partial charge in [0.2, 0.25) is 0 Å². The highest BCUT2D eigenvalue weighted by Crippen LogP contribution is 2.39. The summed E-state index contributed by atoms with van der Waals surface area (Å²) in [5.41, 5.74) is 2.26. The number of halogens is 4. The first-order valence-corrected chi connectivity index (χ1v) is 12.3. The van der Waals surface area contributed by atoms with E-state index in [1.807, 2.05) is 42.3 Å². The van der Waals surface area contributed by atoms with Crippen LogP contribution >= 0.6 is 46.4 Å². The Morgan fingerprint density at radius 2 is 1.62 bits per heavy atom. The van der Waals surface area contributed by atoms with E-state index >= 15 is 0 Å². The van der Waals surface area contributed by atoms with Crippen molar-refractivity contribution in [1.29, 1.82) is 0 Å². The van der Waals surface area contributed by atoms with Gasteiger partial charge < -0.3 is 9.64 Å². The molecule has 1 aliphatic rings. The third kappa shape index (κ3) is 4.80. The van der Waals surface area contributed by atoms with E-state index < -0.39 is 10.0 Å². The SMILES string of the molecule is CN1CC(Oc2c(Cl)cc(NS(=O)(=O)c3ccc(Cl)cc3Cl)cc2Cl)=Cc2ccccc21. The fraction of sp³-hybridized carbons (Fsp3) is 0.0909. The molecule has 0 fully saturated rings. The van der Waals surface area contributed by atoms with Crippen LogP contribution in [0.1, 0.15) is 5.56 Å². The molecule has 0 saturated heterocycles. The number of anilines is 2. The van der Waals surface area contributed by atoms with Gasteiger partial charge in [0.15, 0.2) is 5.75 Å². The first-order valence-electron chi connectivity index (χ1n) is 9.29. The Labute approximate surface area is 206 Å². The molecule has 0 saturated carbocycles. The van der Waals surface area contributed by atoms with Gasteiger partial charge in [0.25, 0.3) is 10.0 Å². The van der Waals surface area contributed by atoms with Gasteiger partial charge in [0.1, 0.15) is 10.7 Å². The van der Waals surface area contributed by atoms with Crippen LogP contribution in [0.5, 0.6) is 5.75 Å². The van der Waals surface area contributed by atoms with E-state index in [2.05, 4.69) is 4.72 Å². The monoisotopic (exact) mass is 528 g/mol. The zero-order valence-electron chi connectivity index (χ0n) is 16.6. The summed E-state index contributed by atoms with van der Waals surface area (Å²) >= 11 is 24.7. The molecule has 4 rings (SSSR count). The number of sulfonamides is 1. The minimum atomic E-state index is -3.99. The Morgan fingerprint density at radius 1 is 0.938 bits per heavy atom. The molecular weight excluding hydrogens is 514 g/mol. The van der Waals surface area contributed by atoms with Crippen LogP contribution in [0.2, 0.25) is 20.1 Å². The van der Waals surface area contributed by atoms with Gasteiger partial charge in [-0.25, -0.2) is 8.42 Å². The van der Waals surface area contributed by atoms with Crippen molar-refractivity contribution < 1.29 is 13.2 Å². The third-order valence-corrected chi connectivity index (χ3v) is 7.39. The molecule has 1 heterocycles. The Bertz CT molecular complexity index is 1320. The molecule has 166 valence electrons. The van der Waals surface area contributed by atoms with Gasteiger partial charge in [-0.15, -0.1) is 0 Å². The van der Waals surface area contributed by atoms with Gasteiger partial charge in [-0.2, -0.15) is 0 Å². The van der Waals surface area contributed by atoms with Gasteiger partial charge >= 0.3 is 0 Å². The summed E-state index contributed by atoms with van der Waals surface area (Å²) in [7, 11) is -2.04. The highest BCUT2D eigenvalue weighted by atomic mass is 35.5. The minimum absolute atomic E-state index is 0.00390. The van der Waals surface area contributed by atoms with E-state index in [1.54, 1.807) is 0 Å². The zero-order chi connectivity index (χ0) is 23.0. The van der Waals surface area contributed by atoms with Crippen molar-refractivity contribution in [3.8, 4) is 5.75 Å². The smallest absolute Gasteiger partial charge is 0.263 e. The second-order valence-corrected chi connectivity index (χ2v) is 10.4. The van der Waals surface area contributed by atoms with Crippen LogP contribution < -0.4 is 14.4 Å². The largest absolute Gasteiger partial charge is 0.457 e. The number of hydrogen-bond acceptors (Lipinski definition) is 4. The average molecular weight is 530 g/mol. The van der Waals surface area contributed by atoms with Crippen molar-refractivity contribution in [1.82, 2.24) is 0 Å². The van der Waals surface area contributed by atoms with Crippen LogP contribution in [0.4, 0.5) is 11.4 Å². The number of rotatable bonds is 5. The summed E-state index contributed by atoms with van der Waals surface area (Å²) in [6.45, 7) is 0.521. The minimum Gasteiger partial charge on any atom is -0.457 e. The first-order chi connectivity index (χ1) is 15.1. The van der Waals surface area contributed by atoms with Crippen molar-refractivity contribution in [2.24, 2.45) is 0 Å². The maximum Gasteiger partial charge on any atom is 0.263 e. The quantitative estimate of drug-likeness (QED) is 0.387. The predicted molar refractivity (Wildman–Crippen MR) is 132 cm³/mol. The summed E-state index contributed by atoms with van der Waals surface area (Å²) in [6, 6.07) is 14.9. The lowest BCUT2D eigenvalue weighted by atomic mass is 10.1. The van der Waals surface area contributed by atoms with Gasteiger partial charge in [0, 0.05) is 23.3 Å². The van der Waals surface area contributed by atoms with E-state index in [4.69, 9.17) is 51.1 Å². The Kier molecular flexibility index (Phi) is 6.52. The molecule has 0 radical (unpaired) electrons. The van der Waals surface area contributed by atoms with Crippen LogP contribution in [0.25, 0.3) is 6.08 Å². The predicted octanol–water partition coefficient (Wildman–Crippen LogP) is 6.97. The first kappa shape index (κ1) is 23.1. The molecule has 0 atom stereocenters. The number of hydrogen-bond donors (Lipinski definition) is 1. The maximum absolute atomic E-state index is 12.7. The van der Waals surface area contributed by atoms with E-state index in [0.717, 1.165) is 11.3 Å². The molecule has 0 amide bonds. The lowest BCUT2D eigenvalue weighted by Crippen LogP contribution is -2.26. The van der Waals surface area contributed by atoms with Crippen LogP contribution in [-0.2, 0) is 10.0 Å². The van der Waals surface area contributed by atoms with Gasteiger partial charge in [-0.05, 0) is 42.5 Å². The number of para-hydroxylation sites is 1. The van der Waals surface area contributed by atoms with Crippen LogP contribution in [0, 0.1) is 0 Å². The van der Waals surface area contributed by atoms with Crippen molar-refractivity contribution >= 4 is 73.9 Å². The number of fused-ring (bicyclic) bond motifs is 1. The lowest BCUT2D eigenvalue weighted by Gasteiger charge is -2.27. The summed E-state index contributed by atoms with van der Waals surface area (Å²) in [5.74, 6) is 0.885. The molecule has 0 unspecified atom stereocenters. The molecule has 3 aromatic rings. The average Bonchev–Trinajstić information content (AvgIpc) is 2.70. The summed E-state index contributed by atoms with van der Waals surface area (Å²) in [5, 5.41) is 0.627. The topological polar surface area (TPSA) is 58.6 Å². The molecule has 0 spiro atoms. The highest BCUT2D eigenvalue weighted by Gasteiger charge is 2.22. The van der Waals surface area contributed by atoms with Crippen molar-refractivity contribution in [3.05, 3.63) is 86.0 Å². The van der Waals surface area contributed by atoms with Gasteiger partial charge in [0.05, 0.1) is 27.3 Å². The molecule has 3 aromatic carbocycles. The van der Waals surface area contributed by atoms with Gasteiger partial charge in [-0.1, -0.05) is 64.6 Å². The number of likely N-dealkylation sites (N-methyl/N-ethyl adjacent to an activating group) is 1. The second-order valence-electron chi connectivity index (χ2n) is 7.08. The number of benzene rings is 3. The lowest BCUT2D eigenvalue weighted by molar-refractivity contribution is 0.419. The summed E-state index contributed by atoms with van der Waals surface area (Å²) < 4.78 is 33.9. The summed E-state index contributed by atoms with van der Waals surface area (Å²) in [6.07, 6.45) is 1.92. The van der Waals surface area contributed by atoms with Crippen LogP contribution in [0.15, 0.2) is 65.3 Å². The van der Waals surface area contributed by atoms with Crippen LogP contribution in [0.3, 0.4) is 0 Å². The van der Waals surface area contributed by atoms with Crippen molar-refractivity contribution in [2.75, 3.05) is 23.2 Å². The standard InChI is InChI=1S/C22H16Cl4N2O3S/c1-28-12-16(8-13-4-2-3-5-20(13)28)31-22-18(25)10-15(11-19(22)26)27-32(29,30)21-7-6-14(23)9-17(21)24/h2-11,27H,12H2,1H3. The highest BCUT2D eigenvalue weighted by molar-refractivity contribution is 7.92. The molecular formula is C22H16Cl4N2O3S. The zero-order valence-corrected chi connectivity index (χ0v) is 20.4. The Morgan fingerprint density at radius 3 is 2.31 bits per heavy atom. The van der Waals surface area contributed by atoms with E-state index in [9.17, 15) is 8.42 Å². The second kappa shape index (κ2) is 9.04. The van der Waals surface area contributed by atoms with E-state index in [-0.39, 0.29) is 31.4 Å². The molecule has 1 aliphatic heterocycles. The maximum atomic E-state index is 12.7. The molecule has 32 heavy (non-hydrogen) atoms. The van der Waals surface area contributed by atoms with Crippen molar-refractivity contribution in [2.45, 2.75) is 4.90 Å². The number of nitrogens with one attached hydrogen (secondary N) is 1. The van der Waals surface area contributed by atoms with E-state index in [1.165, 1.54) is 30.3 Å². The third-order valence-electron chi connectivity index (χ3n) is 4.72. The van der Waals surface area contributed by atoms with Crippen LogP contribution in [-0.4, -0.2) is 22.0 Å². The molecule has 1 N–H and O–H groups in total.